The van der Waals surface area contributed by atoms with Gasteiger partial charge in [0, 0.05) is 34.8 Å². The molecular formula is C29H32BrClN2O2S. The van der Waals surface area contributed by atoms with Crippen molar-refractivity contribution in [1.29, 1.82) is 0 Å². The van der Waals surface area contributed by atoms with Crippen molar-refractivity contribution in [3.63, 3.8) is 0 Å². The largest absolute Gasteiger partial charge is 0.354 e. The molecule has 36 heavy (non-hydrogen) atoms. The maximum atomic E-state index is 13.6. The summed E-state index contributed by atoms with van der Waals surface area (Å²) in [7, 11) is 0. The molecule has 3 rings (SSSR count). The lowest BCUT2D eigenvalue weighted by atomic mass is 10.0. The van der Waals surface area contributed by atoms with Crippen LogP contribution in [0.1, 0.15) is 30.5 Å². The lowest BCUT2D eigenvalue weighted by Crippen LogP contribution is -2.51. The molecule has 4 nitrogen and oxygen atoms in total. The monoisotopic (exact) mass is 586 g/mol. The van der Waals surface area contributed by atoms with E-state index in [-0.39, 0.29) is 17.6 Å². The zero-order valence-corrected chi connectivity index (χ0v) is 23.8. The van der Waals surface area contributed by atoms with Gasteiger partial charge < -0.3 is 10.2 Å². The van der Waals surface area contributed by atoms with Crippen molar-refractivity contribution in [3.05, 3.63) is 105 Å². The van der Waals surface area contributed by atoms with E-state index in [9.17, 15) is 9.59 Å². The summed E-state index contributed by atoms with van der Waals surface area (Å²) in [5, 5.41) is 3.75. The molecular weight excluding hydrogens is 556 g/mol. The number of benzene rings is 3. The Morgan fingerprint density at radius 2 is 1.56 bits per heavy atom. The minimum Gasteiger partial charge on any atom is -0.354 e. The second kappa shape index (κ2) is 14.5. The van der Waals surface area contributed by atoms with Crippen LogP contribution in [-0.2, 0) is 28.3 Å². The highest BCUT2D eigenvalue weighted by atomic mass is 79.9. The number of carbonyl (C=O) groups excluding carboxylic acids is 2. The second-order valence-electron chi connectivity index (χ2n) is 9.11. The number of hydrogen-bond acceptors (Lipinski definition) is 3. The summed E-state index contributed by atoms with van der Waals surface area (Å²) in [6.07, 6.45) is 0.453. The topological polar surface area (TPSA) is 49.4 Å². The molecule has 0 saturated carbocycles. The van der Waals surface area contributed by atoms with E-state index in [0.717, 1.165) is 21.2 Å². The molecule has 0 aliphatic rings. The van der Waals surface area contributed by atoms with Gasteiger partial charge in [0.2, 0.25) is 11.8 Å². The molecule has 0 aliphatic carbocycles. The number of rotatable bonds is 12. The second-order valence-corrected chi connectivity index (χ2v) is 11.4. The molecule has 0 aliphatic heterocycles. The van der Waals surface area contributed by atoms with Crippen LogP contribution in [0.4, 0.5) is 0 Å². The molecule has 3 aromatic rings. The van der Waals surface area contributed by atoms with Crippen molar-refractivity contribution in [2.75, 3.05) is 12.3 Å². The SMILES string of the molecule is CC(C)CNC(=O)[C@H](Cc1ccccc1)N(Cc1ccc(Br)cc1)C(=O)CSCc1ccc(Cl)cc1. The van der Waals surface area contributed by atoms with Gasteiger partial charge in [-0.15, -0.1) is 11.8 Å². The first-order chi connectivity index (χ1) is 17.3. The number of nitrogens with zero attached hydrogens (tertiary/aromatic N) is 1. The molecule has 1 atom stereocenters. The molecule has 0 spiro atoms. The molecule has 2 amide bonds. The van der Waals surface area contributed by atoms with Crippen molar-refractivity contribution in [2.24, 2.45) is 5.92 Å². The van der Waals surface area contributed by atoms with Crippen LogP contribution in [0, 0.1) is 5.92 Å². The van der Waals surface area contributed by atoms with Crippen LogP contribution in [-0.4, -0.2) is 35.1 Å². The van der Waals surface area contributed by atoms with Gasteiger partial charge in [-0.1, -0.05) is 96.0 Å². The van der Waals surface area contributed by atoms with E-state index in [1.54, 1.807) is 16.7 Å². The number of nitrogens with one attached hydrogen (secondary N) is 1. The average Bonchev–Trinajstić information content (AvgIpc) is 2.87. The summed E-state index contributed by atoms with van der Waals surface area (Å²) >= 11 is 11.0. The van der Waals surface area contributed by atoms with Crippen LogP contribution >= 0.6 is 39.3 Å². The third-order valence-corrected chi connectivity index (χ3v) is 7.40. The van der Waals surface area contributed by atoms with Crippen molar-refractivity contribution in [3.8, 4) is 0 Å². The Morgan fingerprint density at radius 3 is 2.19 bits per heavy atom. The van der Waals surface area contributed by atoms with Crippen LogP contribution < -0.4 is 5.32 Å². The lowest BCUT2D eigenvalue weighted by Gasteiger charge is -2.32. The van der Waals surface area contributed by atoms with Crippen LogP contribution in [0.25, 0.3) is 0 Å². The molecule has 0 fully saturated rings. The summed E-state index contributed by atoms with van der Waals surface area (Å²) < 4.78 is 0.971. The summed E-state index contributed by atoms with van der Waals surface area (Å²) in [6, 6.07) is 24.8. The number of carbonyl (C=O) groups is 2. The smallest absolute Gasteiger partial charge is 0.243 e. The van der Waals surface area contributed by atoms with Gasteiger partial charge in [-0.2, -0.15) is 0 Å². The van der Waals surface area contributed by atoms with E-state index in [1.165, 1.54) is 0 Å². The minimum atomic E-state index is -0.613. The zero-order valence-electron chi connectivity index (χ0n) is 20.6. The minimum absolute atomic E-state index is 0.0579. The first-order valence-corrected chi connectivity index (χ1v) is 14.3. The number of amides is 2. The molecule has 0 radical (unpaired) electrons. The van der Waals surface area contributed by atoms with E-state index < -0.39 is 6.04 Å². The standard InChI is InChI=1S/C29H32BrClN2O2S/c1-21(2)17-32-29(35)27(16-22-6-4-3-5-7-22)33(18-23-8-12-25(30)13-9-23)28(34)20-36-19-24-10-14-26(31)15-11-24/h3-15,21,27H,16-20H2,1-2H3,(H,32,35)/t27-/m0/s1. The quantitative estimate of drug-likeness (QED) is 0.255. The number of thioether (sulfide) groups is 1. The number of hydrogen-bond donors (Lipinski definition) is 1. The highest BCUT2D eigenvalue weighted by Crippen LogP contribution is 2.20. The first-order valence-electron chi connectivity index (χ1n) is 12.0. The maximum Gasteiger partial charge on any atom is 0.243 e. The Hall–Kier alpha value is -2.28. The molecule has 190 valence electrons. The van der Waals surface area contributed by atoms with Gasteiger partial charge in [-0.05, 0) is 46.9 Å². The number of halogens is 2. The molecule has 3 aromatic carbocycles. The van der Waals surface area contributed by atoms with Gasteiger partial charge in [0.15, 0.2) is 0 Å². The summed E-state index contributed by atoms with van der Waals surface area (Å²) in [6.45, 7) is 5.05. The van der Waals surface area contributed by atoms with E-state index in [4.69, 9.17) is 11.6 Å². The Bertz CT molecular complexity index is 1110. The lowest BCUT2D eigenvalue weighted by molar-refractivity contribution is -0.139. The summed E-state index contributed by atoms with van der Waals surface area (Å²) in [4.78, 5) is 28.8. The highest BCUT2D eigenvalue weighted by molar-refractivity contribution is 9.10. The molecule has 0 bridgehead atoms. The van der Waals surface area contributed by atoms with Gasteiger partial charge in [-0.3, -0.25) is 9.59 Å². The molecule has 1 N–H and O–H groups in total. The van der Waals surface area contributed by atoms with Gasteiger partial charge in [0.05, 0.1) is 5.75 Å². The zero-order chi connectivity index (χ0) is 25.9. The third kappa shape index (κ3) is 9.30. The fourth-order valence-electron chi connectivity index (χ4n) is 3.68. The average molecular weight is 588 g/mol. The van der Waals surface area contributed by atoms with Gasteiger partial charge in [-0.25, -0.2) is 0 Å². The van der Waals surface area contributed by atoms with Gasteiger partial charge >= 0.3 is 0 Å². The fraction of sp³-hybridized carbons (Fsp3) is 0.310. The van der Waals surface area contributed by atoms with E-state index in [2.05, 4.69) is 35.1 Å². The molecule has 0 unspecified atom stereocenters. The summed E-state index contributed by atoms with van der Waals surface area (Å²) in [5.41, 5.74) is 3.10. The Morgan fingerprint density at radius 1 is 0.917 bits per heavy atom. The van der Waals surface area contributed by atoms with Crippen LogP contribution in [0.2, 0.25) is 5.02 Å². The fourth-order valence-corrected chi connectivity index (χ4v) is 4.94. The van der Waals surface area contributed by atoms with Crippen LogP contribution in [0.3, 0.4) is 0 Å². The van der Waals surface area contributed by atoms with Gasteiger partial charge in [0.1, 0.15) is 6.04 Å². The van der Waals surface area contributed by atoms with Gasteiger partial charge in [0.25, 0.3) is 0 Å². The Kier molecular flexibility index (Phi) is 11.4. The van der Waals surface area contributed by atoms with Crippen molar-refractivity contribution in [2.45, 2.75) is 38.6 Å². The van der Waals surface area contributed by atoms with Crippen molar-refractivity contribution < 1.29 is 9.59 Å². The molecule has 0 saturated heterocycles. The Balaban J connectivity index is 1.82. The maximum absolute atomic E-state index is 13.6. The predicted molar refractivity (Wildman–Crippen MR) is 154 cm³/mol. The molecule has 7 heteroatoms. The van der Waals surface area contributed by atoms with Crippen molar-refractivity contribution in [1.82, 2.24) is 10.2 Å². The van der Waals surface area contributed by atoms with E-state index in [0.29, 0.717) is 36.2 Å². The van der Waals surface area contributed by atoms with E-state index >= 15 is 0 Å². The molecule has 0 heterocycles. The third-order valence-electron chi connectivity index (χ3n) is 5.63. The first kappa shape index (κ1) is 28.3. The normalized spacial score (nSPS) is 11.8. The Labute approximate surface area is 231 Å². The van der Waals surface area contributed by atoms with Crippen LogP contribution in [0.15, 0.2) is 83.3 Å². The highest BCUT2D eigenvalue weighted by Gasteiger charge is 2.30. The predicted octanol–water partition coefficient (Wildman–Crippen LogP) is 6.75. The molecule has 0 aromatic heterocycles. The van der Waals surface area contributed by atoms with Crippen molar-refractivity contribution >= 4 is 51.1 Å². The van der Waals surface area contributed by atoms with E-state index in [1.807, 2.05) is 78.9 Å². The van der Waals surface area contributed by atoms with Crippen LogP contribution in [0.5, 0.6) is 0 Å². The summed E-state index contributed by atoms with van der Waals surface area (Å²) in [5.74, 6) is 1.11.